The van der Waals surface area contributed by atoms with Crippen molar-refractivity contribution in [3.8, 4) is 0 Å². The van der Waals surface area contributed by atoms with Crippen molar-refractivity contribution in [2.75, 3.05) is 12.4 Å². The van der Waals surface area contributed by atoms with Crippen LogP contribution in [0.15, 0.2) is 65.9 Å². The molecule has 4 rings (SSSR count). The highest BCUT2D eigenvalue weighted by molar-refractivity contribution is 8.00. The van der Waals surface area contributed by atoms with Crippen LogP contribution in [0.4, 0.5) is 10.5 Å². The minimum absolute atomic E-state index is 0.0783. The van der Waals surface area contributed by atoms with Crippen molar-refractivity contribution in [1.29, 1.82) is 0 Å². The van der Waals surface area contributed by atoms with Crippen molar-refractivity contribution >= 4 is 41.3 Å². The standard InChI is InChI=1S/C24H22N4O8S/c25-24(32)36-12-16-13-37-22-19(26-18(29)10-14-4-2-1-3-5-14)21(30)27(22)20(16)23(31)35-11-15-6-8-17(9-7-15)28(33)34/h1-9,19,22H,10-13H2,(H2,25,32)(H,26,29)/t19?,22-/m0/s1. The molecular weight excluding hydrogens is 504 g/mol. The van der Waals surface area contributed by atoms with E-state index in [1.807, 2.05) is 18.2 Å². The summed E-state index contributed by atoms with van der Waals surface area (Å²) in [5, 5.41) is 13.0. The van der Waals surface area contributed by atoms with Gasteiger partial charge in [0.15, 0.2) is 0 Å². The second-order valence-electron chi connectivity index (χ2n) is 8.18. The lowest BCUT2D eigenvalue weighted by Crippen LogP contribution is -2.70. The molecule has 1 unspecified atom stereocenters. The largest absolute Gasteiger partial charge is 0.456 e. The fourth-order valence-corrected chi connectivity index (χ4v) is 5.21. The highest BCUT2D eigenvalue weighted by atomic mass is 32.2. The molecule has 0 bridgehead atoms. The molecular formula is C24H22N4O8S. The summed E-state index contributed by atoms with van der Waals surface area (Å²) in [7, 11) is 0. The summed E-state index contributed by atoms with van der Waals surface area (Å²) >= 11 is 1.30. The van der Waals surface area contributed by atoms with Gasteiger partial charge in [-0.15, -0.1) is 11.8 Å². The number of thioether (sulfide) groups is 1. The number of carbonyl (C=O) groups excluding carboxylic acids is 4. The number of fused-ring (bicyclic) bond motifs is 1. The third-order valence-corrected chi connectivity index (χ3v) is 7.01. The normalized spacial score (nSPS) is 18.4. The molecule has 12 nitrogen and oxygen atoms in total. The average Bonchev–Trinajstić information content (AvgIpc) is 2.89. The van der Waals surface area contributed by atoms with Crippen LogP contribution >= 0.6 is 11.8 Å². The Balaban J connectivity index is 1.46. The summed E-state index contributed by atoms with van der Waals surface area (Å²) in [6.07, 6.45) is -0.945. The molecule has 0 aromatic heterocycles. The second-order valence-corrected chi connectivity index (χ2v) is 9.28. The van der Waals surface area contributed by atoms with Crippen molar-refractivity contribution in [1.82, 2.24) is 10.2 Å². The highest BCUT2D eigenvalue weighted by Gasteiger charge is 2.54. The summed E-state index contributed by atoms with van der Waals surface area (Å²) in [6.45, 7) is -0.521. The predicted octanol–water partition coefficient (Wildman–Crippen LogP) is 1.63. The first kappa shape index (κ1) is 25.7. The molecule has 3 amide bonds. The number of hydrogen-bond donors (Lipinski definition) is 2. The fourth-order valence-electron chi connectivity index (χ4n) is 3.88. The van der Waals surface area contributed by atoms with Gasteiger partial charge in [-0.1, -0.05) is 30.3 Å². The number of ether oxygens (including phenoxy) is 2. The maximum atomic E-state index is 13.1. The quantitative estimate of drug-likeness (QED) is 0.213. The van der Waals surface area contributed by atoms with Crippen LogP contribution in [0.2, 0.25) is 0 Å². The number of hydrogen-bond acceptors (Lipinski definition) is 9. The zero-order chi connectivity index (χ0) is 26.5. The Bertz CT molecular complexity index is 1270. The maximum absolute atomic E-state index is 13.1. The van der Waals surface area contributed by atoms with Crippen LogP contribution in [-0.4, -0.2) is 57.5 Å². The molecule has 37 heavy (non-hydrogen) atoms. The van der Waals surface area contributed by atoms with Gasteiger partial charge in [-0.2, -0.15) is 0 Å². The molecule has 3 N–H and O–H groups in total. The minimum Gasteiger partial charge on any atom is -0.456 e. The van der Waals surface area contributed by atoms with E-state index in [0.29, 0.717) is 11.1 Å². The Kier molecular flexibility index (Phi) is 7.72. The molecule has 2 aromatic rings. The molecule has 2 heterocycles. The number of benzene rings is 2. The van der Waals surface area contributed by atoms with Crippen molar-refractivity contribution in [3.05, 3.63) is 87.1 Å². The van der Waals surface area contributed by atoms with Crippen LogP contribution in [0, 0.1) is 10.1 Å². The van der Waals surface area contributed by atoms with Gasteiger partial charge in [0.25, 0.3) is 11.6 Å². The predicted molar refractivity (Wildman–Crippen MR) is 131 cm³/mol. The lowest BCUT2D eigenvalue weighted by atomic mass is 10.0. The molecule has 13 heteroatoms. The van der Waals surface area contributed by atoms with Gasteiger partial charge in [0, 0.05) is 23.5 Å². The van der Waals surface area contributed by atoms with Gasteiger partial charge in [-0.05, 0) is 23.3 Å². The van der Waals surface area contributed by atoms with E-state index in [9.17, 15) is 29.3 Å². The van der Waals surface area contributed by atoms with Gasteiger partial charge >= 0.3 is 12.1 Å². The summed E-state index contributed by atoms with van der Waals surface area (Å²) in [6, 6.07) is 13.7. The number of non-ortho nitro benzene ring substituents is 1. The van der Waals surface area contributed by atoms with Crippen molar-refractivity contribution in [3.63, 3.8) is 0 Å². The number of esters is 1. The number of nitrogens with zero attached hydrogens (tertiary/aromatic N) is 2. The zero-order valence-corrected chi connectivity index (χ0v) is 20.1. The van der Waals surface area contributed by atoms with Gasteiger partial charge in [-0.3, -0.25) is 24.6 Å². The Morgan fingerprint density at radius 3 is 2.41 bits per heavy atom. The summed E-state index contributed by atoms with van der Waals surface area (Å²) in [5.74, 6) is -1.44. The van der Waals surface area contributed by atoms with Crippen molar-refractivity contribution in [2.24, 2.45) is 5.73 Å². The van der Waals surface area contributed by atoms with E-state index in [-0.39, 0.29) is 42.7 Å². The molecule has 0 aliphatic carbocycles. The van der Waals surface area contributed by atoms with Gasteiger partial charge in [-0.25, -0.2) is 9.59 Å². The lowest BCUT2D eigenvalue weighted by molar-refractivity contribution is -0.384. The smallest absolute Gasteiger partial charge is 0.404 e. The Labute approximate surface area is 214 Å². The van der Waals surface area contributed by atoms with E-state index in [4.69, 9.17) is 15.2 Å². The van der Waals surface area contributed by atoms with Crippen molar-refractivity contribution in [2.45, 2.75) is 24.4 Å². The first-order valence-electron chi connectivity index (χ1n) is 11.1. The van der Waals surface area contributed by atoms with Gasteiger partial charge in [0.2, 0.25) is 5.91 Å². The third-order valence-electron chi connectivity index (χ3n) is 5.67. The van der Waals surface area contributed by atoms with Gasteiger partial charge < -0.3 is 20.5 Å². The van der Waals surface area contributed by atoms with Crippen LogP contribution < -0.4 is 11.1 Å². The van der Waals surface area contributed by atoms with E-state index in [1.54, 1.807) is 12.1 Å². The first-order valence-corrected chi connectivity index (χ1v) is 12.1. The number of nitrogens with one attached hydrogen (secondary N) is 1. The zero-order valence-electron chi connectivity index (χ0n) is 19.3. The molecule has 1 fully saturated rings. The van der Waals surface area contributed by atoms with Gasteiger partial charge in [0.05, 0.1) is 11.3 Å². The summed E-state index contributed by atoms with van der Waals surface area (Å²) in [4.78, 5) is 61.2. The second kappa shape index (κ2) is 11.1. The Hall–Kier alpha value is -4.39. The van der Waals surface area contributed by atoms with Gasteiger partial charge in [0.1, 0.15) is 30.3 Å². The first-order chi connectivity index (χ1) is 17.7. The van der Waals surface area contributed by atoms with Crippen LogP contribution in [0.1, 0.15) is 11.1 Å². The number of nitro benzene ring substituents is 1. The topological polar surface area (TPSA) is 171 Å². The third kappa shape index (κ3) is 5.89. The number of carbonyl (C=O) groups is 4. The number of β-lactam (4-membered cyclic amide) rings is 1. The van der Waals surface area contributed by atoms with Crippen LogP contribution in [0.5, 0.6) is 0 Å². The minimum atomic E-state index is -1.04. The van der Waals surface area contributed by atoms with Crippen LogP contribution in [0.25, 0.3) is 0 Å². The Morgan fingerprint density at radius 2 is 1.76 bits per heavy atom. The SMILES string of the molecule is NC(=O)OCC1=C(C(=O)OCc2ccc([N+](=O)[O-])cc2)N2C(=O)C(NC(=O)Cc3ccccc3)[C@@H]2SC1. The molecule has 0 spiro atoms. The number of primary amides is 1. The van der Waals surface area contributed by atoms with E-state index in [2.05, 4.69) is 5.32 Å². The molecule has 0 saturated carbocycles. The van der Waals surface area contributed by atoms with E-state index in [1.165, 1.54) is 40.9 Å². The molecule has 192 valence electrons. The monoisotopic (exact) mass is 526 g/mol. The number of nitro groups is 1. The number of nitrogens with two attached hydrogens (primary N) is 1. The molecule has 2 aromatic carbocycles. The number of amides is 3. The Morgan fingerprint density at radius 1 is 1.05 bits per heavy atom. The average molecular weight is 527 g/mol. The van der Waals surface area contributed by atoms with E-state index < -0.39 is 34.3 Å². The number of rotatable bonds is 9. The van der Waals surface area contributed by atoms with E-state index >= 15 is 0 Å². The summed E-state index contributed by atoms with van der Waals surface area (Å²) < 4.78 is 10.2. The fraction of sp³-hybridized carbons (Fsp3) is 0.250. The van der Waals surface area contributed by atoms with Crippen LogP contribution in [0.3, 0.4) is 0 Å². The highest BCUT2D eigenvalue weighted by Crippen LogP contribution is 2.40. The maximum Gasteiger partial charge on any atom is 0.404 e. The molecule has 2 atom stereocenters. The molecule has 1 saturated heterocycles. The van der Waals surface area contributed by atoms with Crippen LogP contribution in [-0.2, 0) is 36.9 Å². The molecule has 0 radical (unpaired) electrons. The van der Waals surface area contributed by atoms with Crippen molar-refractivity contribution < 1.29 is 33.6 Å². The summed E-state index contributed by atoms with van der Waals surface area (Å²) in [5.41, 5.74) is 6.49. The van der Waals surface area contributed by atoms with E-state index in [0.717, 1.165) is 5.56 Å². The lowest BCUT2D eigenvalue weighted by Gasteiger charge is -2.49. The molecule has 2 aliphatic heterocycles. The molecule has 2 aliphatic rings.